The van der Waals surface area contributed by atoms with Gasteiger partial charge in [-0.1, -0.05) is 13.8 Å². The number of rotatable bonds is 3. The maximum Gasteiger partial charge on any atom is 0.309 e. The number of carbonyl (C=O) groups is 1. The van der Waals surface area contributed by atoms with Crippen LogP contribution < -0.4 is 0 Å². The van der Waals surface area contributed by atoms with Gasteiger partial charge < -0.3 is 9.84 Å². The van der Waals surface area contributed by atoms with Crippen LogP contribution in [0.3, 0.4) is 0 Å². The molecule has 4 atom stereocenters. The topological polar surface area (TPSA) is 59.4 Å². The first-order chi connectivity index (χ1) is 9.38. The molecule has 0 aliphatic heterocycles. The summed E-state index contributed by atoms with van der Waals surface area (Å²) in [7, 11) is 0. The Morgan fingerprint density at radius 2 is 2.35 bits per heavy atom. The van der Waals surface area contributed by atoms with Crippen molar-refractivity contribution in [2.75, 3.05) is 6.61 Å². The van der Waals surface area contributed by atoms with Crippen LogP contribution in [0.4, 0.5) is 0 Å². The number of aliphatic hydroxyl groups is 1. The quantitative estimate of drug-likeness (QED) is 0.838. The van der Waals surface area contributed by atoms with Gasteiger partial charge in [-0.05, 0) is 47.5 Å². The van der Waals surface area contributed by atoms with Crippen LogP contribution in [0.1, 0.15) is 38.6 Å². The van der Waals surface area contributed by atoms with Gasteiger partial charge >= 0.3 is 5.97 Å². The lowest BCUT2D eigenvalue weighted by Crippen LogP contribution is -2.45. The normalized spacial score (nSPS) is 34.0. The molecular formula is C14H20BrNO3S. The molecule has 1 heterocycles. The van der Waals surface area contributed by atoms with E-state index in [1.54, 1.807) is 6.20 Å². The van der Waals surface area contributed by atoms with Crippen molar-refractivity contribution >= 4 is 33.2 Å². The fraction of sp³-hybridized carbons (Fsp3) is 0.714. The van der Waals surface area contributed by atoms with Crippen molar-refractivity contribution in [2.24, 2.45) is 17.8 Å². The van der Waals surface area contributed by atoms with Crippen molar-refractivity contribution in [3.8, 4) is 0 Å². The van der Waals surface area contributed by atoms with Gasteiger partial charge in [-0.15, -0.1) is 11.3 Å². The number of halogens is 1. The SMILES string of the molecule is CCOC(=O)[C@H]1C[C@@H](C)[C@](O)(c2ncc(Br)s2)C[C@H]1C. The number of hydrogen-bond acceptors (Lipinski definition) is 5. The van der Waals surface area contributed by atoms with Crippen molar-refractivity contribution in [2.45, 2.75) is 39.2 Å². The second-order valence-corrected chi connectivity index (χ2v) is 7.98. The van der Waals surface area contributed by atoms with Crippen LogP contribution in [0, 0.1) is 17.8 Å². The summed E-state index contributed by atoms with van der Waals surface area (Å²) >= 11 is 4.84. The van der Waals surface area contributed by atoms with Gasteiger partial charge in [0.15, 0.2) is 0 Å². The smallest absolute Gasteiger partial charge is 0.309 e. The van der Waals surface area contributed by atoms with E-state index in [2.05, 4.69) is 20.9 Å². The highest BCUT2D eigenvalue weighted by Gasteiger charge is 2.48. The number of carbonyl (C=O) groups excluding carboxylic acids is 1. The Labute approximate surface area is 131 Å². The third-order valence-electron chi connectivity index (χ3n) is 4.18. The molecule has 0 aromatic carbocycles. The third-order valence-corrected chi connectivity index (χ3v) is 5.82. The van der Waals surface area contributed by atoms with E-state index in [4.69, 9.17) is 4.74 Å². The molecule has 0 unspecified atom stereocenters. The number of aromatic nitrogens is 1. The largest absolute Gasteiger partial charge is 0.466 e. The van der Waals surface area contributed by atoms with Crippen LogP contribution in [-0.2, 0) is 15.1 Å². The minimum absolute atomic E-state index is 0.0221. The maximum absolute atomic E-state index is 12.0. The molecule has 0 bridgehead atoms. The summed E-state index contributed by atoms with van der Waals surface area (Å²) in [5, 5.41) is 11.7. The predicted molar refractivity (Wildman–Crippen MR) is 81.4 cm³/mol. The monoisotopic (exact) mass is 361 g/mol. The zero-order valence-corrected chi connectivity index (χ0v) is 14.3. The molecule has 2 rings (SSSR count). The van der Waals surface area contributed by atoms with Gasteiger partial charge in [-0.25, -0.2) is 4.98 Å². The molecule has 0 saturated heterocycles. The molecule has 1 fully saturated rings. The lowest BCUT2D eigenvalue weighted by Gasteiger charge is -2.42. The lowest BCUT2D eigenvalue weighted by molar-refractivity contribution is -0.158. The van der Waals surface area contributed by atoms with Crippen molar-refractivity contribution in [1.82, 2.24) is 4.98 Å². The molecule has 4 nitrogen and oxygen atoms in total. The van der Waals surface area contributed by atoms with Gasteiger partial charge in [-0.3, -0.25) is 4.79 Å². The zero-order valence-electron chi connectivity index (χ0n) is 11.9. The summed E-state index contributed by atoms with van der Waals surface area (Å²) in [6.45, 7) is 6.20. The predicted octanol–water partition coefficient (Wildman–Crippen LogP) is 3.34. The maximum atomic E-state index is 12.0. The first-order valence-corrected chi connectivity index (χ1v) is 8.50. The van der Waals surface area contributed by atoms with Crippen molar-refractivity contribution in [1.29, 1.82) is 0 Å². The Balaban J connectivity index is 2.19. The number of ether oxygens (including phenoxy) is 1. The zero-order chi connectivity index (χ0) is 14.9. The van der Waals surface area contributed by atoms with Gasteiger partial charge in [0, 0.05) is 0 Å². The van der Waals surface area contributed by atoms with Gasteiger partial charge in [0.05, 0.1) is 22.5 Å². The fourth-order valence-electron chi connectivity index (χ4n) is 2.97. The summed E-state index contributed by atoms with van der Waals surface area (Å²) < 4.78 is 6.05. The van der Waals surface area contributed by atoms with E-state index in [-0.39, 0.29) is 23.7 Å². The minimum atomic E-state index is -0.945. The van der Waals surface area contributed by atoms with Crippen LogP contribution >= 0.6 is 27.3 Å². The number of hydrogen-bond donors (Lipinski definition) is 1. The van der Waals surface area contributed by atoms with Gasteiger partial charge in [0.25, 0.3) is 0 Å². The molecule has 0 amide bonds. The second-order valence-electron chi connectivity index (χ2n) is 5.57. The summed E-state index contributed by atoms with van der Waals surface area (Å²) in [6.07, 6.45) is 2.89. The van der Waals surface area contributed by atoms with Crippen LogP contribution in [0.5, 0.6) is 0 Å². The molecule has 1 aliphatic rings. The summed E-state index contributed by atoms with van der Waals surface area (Å²) in [5.74, 6) is -0.216. The van der Waals surface area contributed by atoms with Gasteiger partial charge in [-0.2, -0.15) is 0 Å². The van der Waals surface area contributed by atoms with E-state index in [0.29, 0.717) is 19.4 Å². The van der Waals surface area contributed by atoms with Crippen LogP contribution in [0.2, 0.25) is 0 Å². The number of nitrogens with zero attached hydrogens (tertiary/aromatic N) is 1. The van der Waals surface area contributed by atoms with Crippen molar-refractivity contribution < 1.29 is 14.6 Å². The van der Waals surface area contributed by atoms with Crippen molar-refractivity contribution in [3.63, 3.8) is 0 Å². The van der Waals surface area contributed by atoms with Gasteiger partial charge in [0.1, 0.15) is 10.6 Å². The molecule has 1 aromatic rings. The average molecular weight is 362 g/mol. The molecular weight excluding hydrogens is 342 g/mol. The number of esters is 1. The second kappa shape index (κ2) is 6.12. The fourth-order valence-corrected chi connectivity index (χ4v) is 4.39. The Morgan fingerprint density at radius 3 is 2.90 bits per heavy atom. The van der Waals surface area contributed by atoms with E-state index in [1.807, 2.05) is 20.8 Å². The summed E-state index contributed by atoms with van der Waals surface area (Å²) in [4.78, 5) is 16.3. The Hall–Kier alpha value is -0.460. The lowest BCUT2D eigenvalue weighted by atomic mass is 9.67. The van der Waals surface area contributed by atoms with Gasteiger partial charge in [0.2, 0.25) is 0 Å². The van der Waals surface area contributed by atoms with Crippen LogP contribution in [-0.4, -0.2) is 22.7 Å². The molecule has 0 spiro atoms. The molecule has 1 aliphatic carbocycles. The highest BCUT2D eigenvalue weighted by atomic mass is 79.9. The Bertz CT molecular complexity index is 493. The molecule has 20 heavy (non-hydrogen) atoms. The molecule has 6 heteroatoms. The van der Waals surface area contributed by atoms with E-state index in [0.717, 1.165) is 8.79 Å². The number of thiazole rings is 1. The van der Waals surface area contributed by atoms with E-state index in [1.165, 1.54) is 11.3 Å². The standard InChI is InChI=1S/C14H20BrNO3S/c1-4-19-12(17)10-5-9(3)14(18,6-8(10)2)13-16-7-11(15)20-13/h7-10,18H,4-6H2,1-3H3/t8-,9-,10+,14+/m1/s1. The summed E-state index contributed by atoms with van der Waals surface area (Å²) in [5.41, 5.74) is -0.945. The molecule has 112 valence electrons. The minimum Gasteiger partial charge on any atom is -0.466 e. The summed E-state index contributed by atoms with van der Waals surface area (Å²) in [6, 6.07) is 0. The van der Waals surface area contributed by atoms with Crippen molar-refractivity contribution in [3.05, 3.63) is 15.0 Å². The van der Waals surface area contributed by atoms with E-state index < -0.39 is 5.60 Å². The third kappa shape index (κ3) is 2.92. The van der Waals surface area contributed by atoms with E-state index in [9.17, 15) is 9.90 Å². The first kappa shape index (κ1) is 15.9. The molecule has 0 radical (unpaired) electrons. The van der Waals surface area contributed by atoms with Crippen LogP contribution in [0.15, 0.2) is 9.98 Å². The Kier molecular flexibility index (Phi) is 4.87. The highest BCUT2D eigenvalue weighted by Crippen LogP contribution is 2.48. The Morgan fingerprint density at radius 1 is 1.65 bits per heavy atom. The molecule has 1 N–H and O–H groups in total. The molecule has 1 aromatic heterocycles. The van der Waals surface area contributed by atoms with E-state index >= 15 is 0 Å². The average Bonchev–Trinajstić information content (AvgIpc) is 2.81. The van der Waals surface area contributed by atoms with Crippen LogP contribution in [0.25, 0.3) is 0 Å². The highest BCUT2D eigenvalue weighted by molar-refractivity contribution is 9.11. The first-order valence-electron chi connectivity index (χ1n) is 6.89. The molecule has 1 saturated carbocycles.